The zero-order chi connectivity index (χ0) is 9.97. The molecule has 5 nitrogen and oxygen atoms in total. The normalized spacial score (nSPS) is 10.4. The molecule has 2 rings (SSSR count). The van der Waals surface area contributed by atoms with Crippen LogP contribution in [-0.2, 0) is 6.54 Å². The first-order valence-corrected chi connectivity index (χ1v) is 4.18. The predicted molar refractivity (Wildman–Crippen MR) is 50.9 cm³/mol. The first-order valence-electron chi connectivity index (χ1n) is 4.18. The average Bonchev–Trinajstić information content (AvgIpc) is 2.70. The van der Waals surface area contributed by atoms with Crippen molar-refractivity contribution in [3.05, 3.63) is 36.4 Å². The molecular weight excluding hydrogens is 180 g/mol. The zero-order valence-electron chi connectivity index (χ0n) is 7.46. The summed E-state index contributed by atoms with van der Waals surface area (Å²) in [7, 11) is 0. The Hall–Kier alpha value is -1.88. The molecule has 14 heavy (non-hydrogen) atoms. The van der Waals surface area contributed by atoms with Gasteiger partial charge in [-0.25, -0.2) is 9.67 Å². The average molecular weight is 190 g/mol. The molecule has 0 spiro atoms. The maximum atomic E-state index is 9.27. The van der Waals surface area contributed by atoms with Crippen LogP contribution in [0.1, 0.15) is 5.56 Å². The van der Waals surface area contributed by atoms with Gasteiger partial charge in [0.25, 0.3) is 0 Å². The zero-order valence-corrected chi connectivity index (χ0v) is 7.46. The fourth-order valence-electron chi connectivity index (χ4n) is 1.29. The molecule has 2 aromatic rings. The maximum absolute atomic E-state index is 9.27. The number of hydrogen-bond donors (Lipinski definition) is 2. The molecule has 1 heterocycles. The van der Waals surface area contributed by atoms with Crippen molar-refractivity contribution < 1.29 is 5.11 Å². The molecular formula is C9H10N4O. The van der Waals surface area contributed by atoms with E-state index in [4.69, 9.17) is 5.73 Å². The number of phenolic OH excluding ortho intramolecular Hbond substituents is 1. The number of nitrogens with two attached hydrogens (primary N) is 1. The van der Waals surface area contributed by atoms with Crippen molar-refractivity contribution in [3.63, 3.8) is 0 Å². The Labute approximate surface area is 80.8 Å². The van der Waals surface area contributed by atoms with Gasteiger partial charge in [-0.15, -0.1) is 0 Å². The van der Waals surface area contributed by atoms with E-state index in [1.165, 1.54) is 6.33 Å². The lowest BCUT2D eigenvalue weighted by atomic mass is 10.1. The minimum Gasteiger partial charge on any atom is -0.508 e. The van der Waals surface area contributed by atoms with Crippen molar-refractivity contribution >= 4 is 0 Å². The molecule has 0 saturated heterocycles. The molecule has 0 amide bonds. The number of aromatic nitrogens is 3. The van der Waals surface area contributed by atoms with Crippen LogP contribution in [0, 0.1) is 0 Å². The van der Waals surface area contributed by atoms with Gasteiger partial charge in [0.05, 0.1) is 5.69 Å². The van der Waals surface area contributed by atoms with Gasteiger partial charge in [-0.3, -0.25) is 0 Å². The third-order valence-electron chi connectivity index (χ3n) is 1.95. The van der Waals surface area contributed by atoms with Crippen LogP contribution >= 0.6 is 0 Å². The third kappa shape index (κ3) is 1.45. The van der Waals surface area contributed by atoms with E-state index >= 15 is 0 Å². The SMILES string of the molecule is NCc1cc(O)ccc1-n1cncn1. The quantitative estimate of drug-likeness (QED) is 0.720. The topological polar surface area (TPSA) is 77.0 Å². The van der Waals surface area contributed by atoms with Crippen LogP contribution in [0.15, 0.2) is 30.9 Å². The van der Waals surface area contributed by atoms with Crippen molar-refractivity contribution in [1.29, 1.82) is 0 Å². The van der Waals surface area contributed by atoms with Gasteiger partial charge in [-0.2, -0.15) is 5.10 Å². The summed E-state index contributed by atoms with van der Waals surface area (Å²) in [6.45, 7) is 0.351. The number of rotatable bonds is 2. The molecule has 3 N–H and O–H groups in total. The summed E-state index contributed by atoms with van der Waals surface area (Å²) in [5.74, 6) is 0.203. The molecule has 0 aliphatic heterocycles. The van der Waals surface area contributed by atoms with Gasteiger partial charge in [-0.1, -0.05) is 0 Å². The fourth-order valence-corrected chi connectivity index (χ4v) is 1.29. The van der Waals surface area contributed by atoms with Crippen LogP contribution in [-0.4, -0.2) is 19.9 Å². The summed E-state index contributed by atoms with van der Waals surface area (Å²) in [6, 6.07) is 4.97. The third-order valence-corrected chi connectivity index (χ3v) is 1.95. The number of phenols is 1. The lowest BCUT2D eigenvalue weighted by molar-refractivity contribution is 0.474. The van der Waals surface area contributed by atoms with E-state index in [2.05, 4.69) is 10.1 Å². The molecule has 0 atom stereocenters. The smallest absolute Gasteiger partial charge is 0.138 e. The van der Waals surface area contributed by atoms with E-state index < -0.39 is 0 Å². The highest BCUT2D eigenvalue weighted by molar-refractivity contribution is 5.44. The molecule has 0 unspecified atom stereocenters. The van der Waals surface area contributed by atoms with Crippen molar-refractivity contribution in [3.8, 4) is 11.4 Å². The predicted octanol–water partition coefficient (Wildman–Crippen LogP) is 0.432. The summed E-state index contributed by atoms with van der Waals surface area (Å²) in [4.78, 5) is 3.84. The molecule has 0 radical (unpaired) electrons. The Morgan fingerprint density at radius 3 is 2.93 bits per heavy atom. The van der Waals surface area contributed by atoms with Crippen molar-refractivity contribution in [2.45, 2.75) is 6.54 Å². The largest absolute Gasteiger partial charge is 0.508 e. The van der Waals surface area contributed by atoms with Crippen LogP contribution in [0.3, 0.4) is 0 Å². The van der Waals surface area contributed by atoms with Crippen molar-refractivity contribution in [2.75, 3.05) is 0 Å². The monoisotopic (exact) mass is 190 g/mol. The fraction of sp³-hybridized carbons (Fsp3) is 0.111. The summed E-state index contributed by atoms with van der Waals surface area (Å²) >= 11 is 0. The molecule has 1 aromatic heterocycles. The molecule has 0 bridgehead atoms. The van der Waals surface area contributed by atoms with Gasteiger partial charge < -0.3 is 10.8 Å². The highest BCUT2D eigenvalue weighted by Crippen LogP contribution is 2.18. The molecule has 0 saturated carbocycles. The van der Waals surface area contributed by atoms with Crippen molar-refractivity contribution in [1.82, 2.24) is 14.8 Å². The summed E-state index contributed by atoms with van der Waals surface area (Å²) in [6.07, 6.45) is 3.04. The Kier molecular flexibility index (Phi) is 2.16. The van der Waals surface area contributed by atoms with Gasteiger partial charge in [-0.05, 0) is 23.8 Å². The molecule has 0 fully saturated rings. The molecule has 5 heteroatoms. The number of aromatic hydroxyl groups is 1. The second-order valence-electron chi connectivity index (χ2n) is 2.86. The first-order chi connectivity index (χ1) is 6.81. The summed E-state index contributed by atoms with van der Waals surface area (Å²) in [5.41, 5.74) is 7.22. The first kappa shape index (κ1) is 8.71. The van der Waals surface area contributed by atoms with Gasteiger partial charge in [0.1, 0.15) is 18.4 Å². The lowest BCUT2D eigenvalue weighted by Gasteiger charge is -2.06. The Balaban J connectivity index is 2.53. The van der Waals surface area contributed by atoms with E-state index in [0.29, 0.717) is 6.54 Å². The van der Waals surface area contributed by atoms with Crippen LogP contribution in [0.25, 0.3) is 5.69 Å². The minimum absolute atomic E-state index is 0.203. The Morgan fingerprint density at radius 1 is 1.43 bits per heavy atom. The summed E-state index contributed by atoms with van der Waals surface area (Å²) < 4.78 is 1.61. The highest BCUT2D eigenvalue weighted by atomic mass is 16.3. The number of hydrogen-bond acceptors (Lipinski definition) is 4. The van der Waals surface area contributed by atoms with Gasteiger partial charge in [0, 0.05) is 6.54 Å². The second kappa shape index (κ2) is 3.47. The molecule has 1 aromatic carbocycles. The standard InChI is InChI=1S/C9H10N4O/c10-4-7-3-8(14)1-2-9(7)13-6-11-5-12-13/h1-3,5-6,14H,4,10H2. The van der Waals surface area contributed by atoms with E-state index in [9.17, 15) is 5.11 Å². The molecule has 0 aliphatic rings. The number of benzene rings is 1. The van der Waals surface area contributed by atoms with Gasteiger partial charge in [0.15, 0.2) is 0 Å². The van der Waals surface area contributed by atoms with Crippen LogP contribution in [0.2, 0.25) is 0 Å². The second-order valence-corrected chi connectivity index (χ2v) is 2.86. The van der Waals surface area contributed by atoms with Gasteiger partial charge in [0.2, 0.25) is 0 Å². The van der Waals surface area contributed by atoms with E-state index in [1.54, 1.807) is 29.2 Å². The highest BCUT2D eigenvalue weighted by Gasteiger charge is 2.04. The Bertz CT molecular complexity index is 424. The van der Waals surface area contributed by atoms with E-state index in [0.717, 1.165) is 11.3 Å². The van der Waals surface area contributed by atoms with Crippen LogP contribution in [0.4, 0.5) is 0 Å². The van der Waals surface area contributed by atoms with Crippen LogP contribution < -0.4 is 5.73 Å². The van der Waals surface area contributed by atoms with Crippen LogP contribution in [0.5, 0.6) is 5.75 Å². The van der Waals surface area contributed by atoms with Crippen molar-refractivity contribution in [2.24, 2.45) is 5.73 Å². The van der Waals surface area contributed by atoms with Gasteiger partial charge >= 0.3 is 0 Å². The lowest BCUT2D eigenvalue weighted by Crippen LogP contribution is -2.04. The maximum Gasteiger partial charge on any atom is 0.138 e. The Morgan fingerprint density at radius 2 is 2.29 bits per heavy atom. The molecule has 0 aliphatic carbocycles. The summed E-state index contributed by atoms with van der Waals surface area (Å²) in [5, 5.41) is 13.3. The minimum atomic E-state index is 0.203. The number of nitrogens with zero attached hydrogens (tertiary/aromatic N) is 3. The van der Waals surface area contributed by atoms with E-state index in [-0.39, 0.29) is 5.75 Å². The molecule has 72 valence electrons. The van der Waals surface area contributed by atoms with E-state index in [1.807, 2.05) is 0 Å².